The van der Waals surface area contributed by atoms with Crippen molar-refractivity contribution >= 4 is 11.5 Å². The Hall–Kier alpha value is -3.85. The van der Waals surface area contributed by atoms with Crippen LogP contribution in [0.5, 0.6) is 11.5 Å². The van der Waals surface area contributed by atoms with Crippen LogP contribution in [0.4, 0.5) is 5.69 Å². The largest absolute Gasteiger partial charge is 0.457 e. The first-order valence-electron chi connectivity index (χ1n) is 9.03. The van der Waals surface area contributed by atoms with E-state index in [1.165, 1.54) is 0 Å². The Morgan fingerprint density at radius 1 is 0.571 bits per heavy atom. The minimum absolute atomic E-state index is 0.0151. The van der Waals surface area contributed by atoms with Crippen LogP contribution in [0.2, 0.25) is 0 Å². The second kappa shape index (κ2) is 7.80. The number of rotatable bonds is 5. The van der Waals surface area contributed by atoms with E-state index < -0.39 is 0 Å². The molecule has 0 amide bonds. The minimum atomic E-state index is -0.0151. The summed E-state index contributed by atoms with van der Waals surface area (Å²) >= 11 is 0. The third kappa shape index (κ3) is 3.94. The number of hydrogen-bond donors (Lipinski definition) is 1. The maximum Gasteiger partial charge on any atom is 0.193 e. The quantitative estimate of drug-likeness (QED) is 0.351. The van der Waals surface area contributed by atoms with Crippen LogP contribution in [0.1, 0.15) is 15.9 Å². The Kier molecular flexibility index (Phi) is 4.89. The predicted molar refractivity (Wildman–Crippen MR) is 113 cm³/mol. The lowest BCUT2D eigenvalue weighted by molar-refractivity contribution is 0.103. The highest BCUT2D eigenvalue weighted by atomic mass is 16.5. The summed E-state index contributed by atoms with van der Waals surface area (Å²) in [5, 5.41) is 0. The van der Waals surface area contributed by atoms with Gasteiger partial charge in [-0.25, -0.2) is 0 Å². The second-order valence-electron chi connectivity index (χ2n) is 6.47. The molecule has 2 N–H and O–H groups in total. The first kappa shape index (κ1) is 17.6. The third-order valence-corrected chi connectivity index (χ3v) is 4.49. The highest BCUT2D eigenvalue weighted by Gasteiger charge is 2.10. The summed E-state index contributed by atoms with van der Waals surface area (Å²) in [6.45, 7) is 0. The summed E-state index contributed by atoms with van der Waals surface area (Å²) in [5.74, 6) is 1.35. The number of benzene rings is 4. The zero-order chi connectivity index (χ0) is 19.3. The summed E-state index contributed by atoms with van der Waals surface area (Å²) < 4.78 is 5.77. The SMILES string of the molecule is Nc1ccc(Oc2ccc(C(=O)c3ccc(-c4ccccc4)cc3)cc2)cc1. The van der Waals surface area contributed by atoms with Gasteiger partial charge in [0.1, 0.15) is 11.5 Å². The van der Waals surface area contributed by atoms with E-state index in [9.17, 15) is 4.79 Å². The Bertz CT molecular complexity index is 1070. The Labute approximate surface area is 164 Å². The molecule has 28 heavy (non-hydrogen) atoms. The van der Waals surface area contributed by atoms with Gasteiger partial charge in [-0.1, -0.05) is 54.6 Å². The van der Waals surface area contributed by atoms with Gasteiger partial charge in [0.2, 0.25) is 0 Å². The van der Waals surface area contributed by atoms with Gasteiger partial charge in [-0.2, -0.15) is 0 Å². The predicted octanol–water partition coefficient (Wildman–Crippen LogP) is 5.96. The Balaban J connectivity index is 1.48. The molecule has 0 saturated heterocycles. The van der Waals surface area contributed by atoms with Crippen molar-refractivity contribution in [2.24, 2.45) is 0 Å². The van der Waals surface area contributed by atoms with E-state index in [0.29, 0.717) is 28.3 Å². The van der Waals surface area contributed by atoms with Gasteiger partial charge in [0.25, 0.3) is 0 Å². The standard InChI is InChI=1S/C25H19NO2/c26-22-12-16-24(17-13-22)28-23-14-10-21(11-15-23)25(27)20-8-6-19(7-9-20)18-4-2-1-3-5-18/h1-17H,26H2. The van der Waals surface area contributed by atoms with E-state index in [2.05, 4.69) is 12.1 Å². The van der Waals surface area contributed by atoms with Gasteiger partial charge in [0.15, 0.2) is 5.78 Å². The molecule has 3 nitrogen and oxygen atoms in total. The van der Waals surface area contributed by atoms with Crippen molar-refractivity contribution in [2.75, 3.05) is 5.73 Å². The van der Waals surface area contributed by atoms with Crippen LogP contribution in [0.15, 0.2) is 103 Å². The monoisotopic (exact) mass is 365 g/mol. The number of carbonyl (C=O) groups excluding carboxylic acids is 1. The van der Waals surface area contributed by atoms with Crippen molar-refractivity contribution < 1.29 is 9.53 Å². The molecule has 0 aliphatic carbocycles. The zero-order valence-electron chi connectivity index (χ0n) is 15.2. The smallest absolute Gasteiger partial charge is 0.193 e. The number of carbonyl (C=O) groups is 1. The molecular formula is C25H19NO2. The molecule has 0 saturated carbocycles. The molecule has 0 aromatic heterocycles. The number of hydrogen-bond acceptors (Lipinski definition) is 3. The van der Waals surface area contributed by atoms with Crippen molar-refractivity contribution in [1.29, 1.82) is 0 Å². The highest BCUT2D eigenvalue weighted by Crippen LogP contribution is 2.24. The molecule has 0 aliphatic rings. The first-order chi connectivity index (χ1) is 13.7. The Morgan fingerprint density at radius 3 is 1.61 bits per heavy atom. The maximum atomic E-state index is 12.7. The lowest BCUT2D eigenvalue weighted by Crippen LogP contribution is -2.01. The molecule has 136 valence electrons. The van der Waals surface area contributed by atoms with Gasteiger partial charge in [0.05, 0.1) is 0 Å². The van der Waals surface area contributed by atoms with Crippen molar-refractivity contribution in [2.45, 2.75) is 0 Å². The van der Waals surface area contributed by atoms with Crippen molar-refractivity contribution in [3.63, 3.8) is 0 Å². The molecular weight excluding hydrogens is 346 g/mol. The van der Waals surface area contributed by atoms with Crippen molar-refractivity contribution in [1.82, 2.24) is 0 Å². The average Bonchev–Trinajstić information content (AvgIpc) is 2.76. The lowest BCUT2D eigenvalue weighted by atomic mass is 9.99. The van der Waals surface area contributed by atoms with Gasteiger partial charge in [-0.3, -0.25) is 4.79 Å². The molecule has 0 fully saturated rings. The topological polar surface area (TPSA) is 52.3 Å². The van der Waals surface area contributed by atoms with Gasteiger partial charge in [-0.05, 0) is 59.7 Å². The van der Waals surface area contributed by atoms with Gasteiger partial charge >= 0.3 is 0 Å². The molecule has 0 atom stereocenters. The average molecular weight is 365 g/mol. The molecule has 0 unspecified atom stereocenters. The fourth-order valence-corrected chi connectivity index (χ4v) is 2.96. The summed E-state index contributed by atoms with van der Waals surface area (Å²) in [7, 11) is 0. The van der Waals surface area contributed by atoms with Crippen LogP contribution in [0, 0.1) is 0 Å². The summed E-state index contributed by atoms with van der Waals surface area (Å²) in [6, 6.07) is 32.1. The summed E-state index contributed by atoms with van der Waals surface area (Å²) in [4.78, 5) is 12.7. The molecule has 0 heterocycles. The summed E-state index contributed by atoms with van der Waals surface area (Å²) in [5.41, 5.74) is 9.86. The van der Waals surface area contributed by atoms with Crippen LogP contribution >= 0.6 is 0 Å². The maximum absolute atomic E-state index is 12.7. The van der Waals surface area contributed by atoms with E-state index in [1.54, 1.807) is 36.4 Å². The normalized spacial score (nSPS) is 10.4. The first-order valence-corrected chi connectivity index (χ1v) is 9.03. The van der Waals surface area contributed by atoms with Crippen molar-refractivity contribution in [3.05, 3.63) is 114 Å². The number of ketones is 1. The molecule has 0 spiro atoms. The van der Waals surface area contributed by atoms with Gasteiger partial charge in [-0.15, -0.1) is 0 Å². The third-order valence-electron chi connectivity index (χ3n) is 4.49. The lowest BCUT2D eigenvalue weighted by Gasteiger charge is -2.07. The second-order valence-corrected chi connectivity index (χ2v) is 6.47. The highest BCUT2D eigenvalue weighted by molar-refractivity contribution is 6.09. The molecule has 4 aromatic rings. The van der Waals surface area contributed by atoms with Crippen LogP contribution in [-0.4, -0.2) is 5.78 Å². The van der Waals surface area contributed by atoms with Crippen LogP contribution < -0.4 is 10.5 Å². The van der Waals surface area contributed by atoms with Crippen LogP contribution in [-0.2, 0) is 0 Å². The van der Waals surface area contributed by atoms with E-state index in [0.717, 1.165) is 11.1 Å². The zero-order valence-corrected chi connectivity index (χ0v) is 15.2. The molecule has 0 aliphatic heterocycles. The number of nitrogen functional groups attached to an aromatic ring is 1. The molecule has 0 radical (unpaired) electrons. The van der Waals surface area contributed by atoms with Crippen LogP contribution in [0.25, 0.3) is 11.1 Å². The molecule has 4 aromatic carbocycles. The van der Waals surface area contributed by atoms with Gasteiger partial charge in [0, 0.05) is 16.8 Å². The number of anilines is 1. The van der Waals surface area contributed by atoms with Gasteiger partial charge < -0.3 is 10.5 Å². The fraction of sp³-hybridized carbons (Fsp3) is 0. The van der Waals surface area contributed by atoms with Crippen LogP contribution in [0.3, 0.4) is 0 Å². The van der Waals surface area contributed by atoms with E-state index >= 15 is 0 Å². The Morgan fingerprint density at radius 2 is 1.04 bits per heavy atom. The number of nitrogens with two attached hydrogens (primary N) is 1. The molecule has 0 bridgehead atoms. The van der Waals surface area contributed by atoms with Crippen molar-refractivity contribution in [3.8, 4) is 22.6 Å². The minimum Gasteiger partial charge on any atom is -0.457 e. The summed E-state index contributed by atoms with van der Waals surface area (Å²) in [6.07, 6.45) is 0. The fourth-order valence-electron chi connectivity index (χ4n) is 2.96. The van der Waals surface area contributed by atoms with E-state index in [1.807, 2.05) is 54.6 Å². The van der Waals surface area contributed by atoms with E-state index in [4.69, 9.17) is 10.5 Å². The number of ether oxygens (including phenoxy) is 1. The van der Waals surface area contributed by atoms with E-state index in [-0.39, 0.29) is 5.78 Å². The molecule has 3 heteroatoms. The molecule has 4 rings (SSSR count).